The minimum absolute atomic E-state index is 0.596. The van der Waals surface area contributed by atoms with E-state index in [-0.39, 0.29) is 0 Å². The van der Waals surface area contributed by atoms with E-state index in [1.165, 1.54) is 16.7 Å². The van der Waals surface area contributed by atoms with Crippen molar-refractivity contribution in [3.8, 4) is 22.8 Å². The van der Waals surface area contributed by atoms with Crippen molar-refractivity contribution < 1.29 is 4.74 Å². The third-order valence-corrected chi connectivity index (χ3v) is 5.79. The van der Waals surface area contributed by atoms with Crippen molar-refractivity contribution in [2.45, 2.75) is 25.9 Å². The first-order valence-electron chi connectivity index (χ1n) is 9.87. The summed E-state index contributed by atoms with van der Waals surface area (Å²) in [5.74, 6) is 2.47. The molecule has 2 aromatic carbocycles. The fraction of sp³-hybridized carbons (Fsp3) is 0.208. The molecule has 6 heteroatoms. The average Bonchev–Trinajstić information content (AvgIpc) is 3.18. The first-order valence-corrected chi connectivity index (χ1v) is 10.9. The van der Waals surface area contributed by atoms with Crippen LogP contribution in [-0.2, 0) is 0 Å². The molecule has 0 bridgehead atoms. The molecule has 0 spiro atoms. The maximum atomic E-state index is 5.89. The van der Waals surface area contributed by atoms with E-state index < -0.39 is 0 Å². The minimum Gasteiger partial charge on any atom is -0.493 e. The van der Waals surface area contributed by atoms with Crippen LogP contribution in [0.5, 0.6) is 5.75 Å². The summed E-state index contributed by atoms with van der Waals surface area (Å²) in [4.78, 5) is 4.12. The summed E-state index contributed by atoms with van der Waals surface area (Å²) in [6.07, 6.45) is 3.55. The zero-order valence-electron chi connectivity index (χ0n) is 17.4. The van der Waals surface area contributed by atoms with Gasteiger partial charge in [0.05, 0.1) is 12.3 Å². The number of ether oxygens (including phenoxy) is 1. The Morgan fingerprint density at radius 1 is 0.900 bits per heavy atom. The van der Waals surface area contributed by atoms with Crippen LogP contribution >= 0.6 is 11.8 Å². The molecule has 0 fully saturated rings. The molecule has 30 heavy (non-hydrogen) atoms. The molecule has 152 valence electrons. The van der Waals surface area contributed by atoms with Gasteiger partial charge in [0.1, 0.15) is 5.75 Å². The molecule has 2 heterocycles. The largest absolute Gasteiger partial charge is 0.493 e. The van der Waals surface area contributed by atoms with Crippen molar-refractivity contribution in [1.82, 2.24) is 19.7 Å². The van der Waals surface area contributed by atoms with Crippen LogP contribution in [0.3, 0.4) is 0 Å². The van der Waals surface area contributed by atoms with Gasteiger partial charge < -0.3 is 4.74 Å². The van der Waals surface area contributed by atoms with E-state index in [1.807, 2.05) is 30.3 Å². The highest BCUT2D eigenvalue weighted by molar-refractivity contribution is 7.99. The molecule has 0 amide bonds. The van der Waals surface area contributed by atoms with Crippen molar-refractivity contribution in [2.75, 3.05) is 12.4 Å². The fourth-order valence-electron chi connectivity index (χ4n) is 3.15. The summed E-state index contributed by atoms with van der Waals surface area (Å²) >= 11 is 1.64. The number of benzene rings is 2. The number of hydrogen-bond donors (Lipinski definition) is 0. The van der Waals surface area contributed by atoms with Crippen LogP contribution in [0.15, 0.2) is 72.1 Å². The number of nitrogens with zero attached hydrogens (tertiary/aromatic N) is 4. The van der Waals surface area contributed by atoms with Crippen molar-refractivity contribution in [2.24, 2.45) is 0 Å². The van der Waals surface area contributed by atoms with Crippen LogP contribution in [0.4, 0.5) is 0 Å². The predicted octanol–water partition coefficient (Wildman–Crippen LogP) is 5.43. The van der Waals surface area contributed by atoms with Crippen LogP contribution in [0.2, 0.25) is 0 Å². The van der Waals surface area contributed by atoms with Gasteiger partial charge >= 0.3 is 0 Å². The summed E-state index contributed by atoms with van der Waals surface area (Å²) in [5, 5.41) is 9.81. The molecule has 2 aromatic heterocycles. The second-order valence-electron chi connectivity index (χ2n) is 7.16. The molecule has 0 aliphatic carbocycles. The normalized spacial score (nSPS) is 10.9. The second kappa shape index (κ2) is 9.13. The number of rotatable bonds is 7. The zero-order valence-corrected chi connectivity index (χ0v) is 18.2. The molecule has 0 atom stereocenters. The Labute approximate surface area is 181 Å². The maximum Gasteiger partial charge on any atom is 0.196 e. The highest BCUT2D eigenvalue weighted by Gasteiger charge is 2.16. The maximum absolute atomic E-state index is 5.89. The van der Waals surface area contributed by atoms with Gasteiger partial charge in [0.25, 0.3) is 0 Å². The van der Waals surface area contributed by atoms with Crippen molar-refractivity contribution in [1.29, 1.82) is 0 Å². The van der Waals surface area contributed by atoms with Crippen LogP contribution in [0, 0.1) is 20.8 Å². The van der Waals surface area contributed by atoms with Gasteiger partial charge in [0.15, 0.2) is 11.0 Å². The Morgan fingerprint density at radius 3 is 2.50 bits per heavy atom. The fourth-order valence-corrected chi connectivity index (χ4v) is 3.92. The first-order chi connectivity index (χ1) is 14.6. The van der Waals surface area contributed by atoms with E-state index in [9.17, 15) is 0 Å². The molecule has 0 radical (unpaired) electrons. The topological polar surface area (TPSA) is 52.8 Å². The Kier molecular flexibility index (Phi) is 6.14. The van der Waals surface area contributed by atoms with Crippen LogP contribution in [-0.4, -0.2) is 32.1 Å². The number of hydrogen-bond acceptors (Lipinski definition) is 5. The Balaban J connectivity index is 1.58. The average molecular weight is 417 g/mol. The zero-order chi connectivity index (χ0) is 20.9. The summed E-state index contributed by atoms with van der Waals surface area (Å²) in [6, 6.07) is 18.4. The monoisotopic (exact) mass is 416 g/mol. The number of pyridine rings is 1. The first kappa shape index (κ1) is 20.2. The summed E-state index contributed by atoms with van der Waals surface area (Å²) in [7, 11) is 0. The van der Waals surface area contributed by atoms with E-state index in [2.05, 4.69) is 64.8 Å². The summed E-state index contributed by atoms with van der Waals surface area (Å²) < 4.78 is 8.00. The Bertz CT molecular complexity index is 1140. The number of aryl methyl sites for hydroxylation is 3. The van der Waals surface area contributed by atoms with Crippen molar-refractivity contribution in [3.05, 3.63) is 83.7 Å². The van der Waals surface area contributed by atoms with E-state index in [0.717, 1.165) is 33.7 Å². The molecule has 0 saturated carbocycles. The number of aromatic nitrogens is 4. The standard InChI is InChI=1S/C24H24N4OS/c1-17-5-4-6-22(15-17)29-13-14-30-24-27-26-23(20-9-11-25-12-10-20)28(24)21-8-7-18(2)19(3)16-21/h4-12,15-16H,13-14H2,1-3H3. The molecule has 5 nitrogen and oxygen atoms in total. The molecule has 0 aliphatic heterocycles. The lowest BCUT2D eigenvalue weighted by Crippen LogP contribution is -2.04. The highest BCUT2D eigenvalue weighted by atomic mass is 32.2. The minimum atomic E-state index is 0.596. The number of thioether (sulfide) groups is 1. The highest BCUT2D eigenvalue weighted by Crippen LogP contribution is 2.28. The Hall–Kier alpha value is -3.12. The van der Waals surface area contributed by atoms with E-state index in [4.69, 9.17) is 4.74 Å². The molecule has 0 aliphatic rings. The van der Waals surface area contributed by atoms with Gasteiger partial charge in [-0.25, -0.2) is 0 Å². The lowest BCUT2D eigenvalue weighted by Gasteiger charge is -2.12. The Morgan fingerprint density at radius 2 is 1.73 bits per heavy atom. The smallest absolute Gasteiger partial charge is 0.196 e. The molecular formula is C24H24N4OS. The van der Waals surface area contributed by atoms with E-state index in [0.29, 0.717) is 6.61 Å². The van der Waals surface area contributed by atoms with Crippen LogP contribution < -0.4 is 4.74 Å². The van der Waals surface area contributed by atoms with Gasteiger partial charge in [0, 0.05) is 23.7 Å². The quantitative estimate of drug-likeness (QED) is 0.297. The van der Waals surface area contributed by atoms with Crippen molar-refractivity contribution >= 4 is 11.8 Å². The van der Waals surface area contributed by atoms with Gasteiger partial charge in [-0.2, -0.15) is 0 Å². The van der Waals surface area contributed by atoms with Gasteiger partial charge in [-0.3, -0.25) is 9.55 Å². The van der Waals surface area contributed by atoms with Gasteiger partial charge in [-0.05, 0) is 73.9 Å². The van der Waals surface area contributed by atoms with Crippen molar-refractivity contribution in [3.63, 3.8) is 0 Å². The lowest BCUT2D eigenvalue weighted by molar-refractivity contribution is 0.343. The molecular weight excluding hydrogens is 392 g/mol. The summed E-state index contributed by atoms with van der Waals surface area (Å²) in [5.41, 5.74) is 5.73. The lowest BCUT2D eigenvalue weighted by atomic mass is 10.1. The second-order valence-corrected chi connectivity index (χ2v) is 8.22. The molecule has 4 rings (SSSR count). The SMILES string of the molecule is Cc1cccc(OCCSc2nnc(-c3ccncc3)n2-c2ccc(C)c(C)c2)c1. The van der Waals surface area contributed by atoms with E-state index in [1.54, 1.807) is 24.2 Å². The summed E-state index contributed by atoms with van der Waals surface area (Å²) in [6.45, 7) is 6.90. The molecule has 0 N–H and O–H groups in total. The molecule has 4 aromatic rings. The molecule has 0 saturated heterocycles. The van der Waals surface area contributed by atoms with Gasteiger partial charge in [0.2, 0.25) is 0 Å². The van der Waals surface area contributed by atoms with Gasteiger partial charge in [-0.1, -0.05) is 30.0 Å². The third kappa shape index (κ3) is 4.54. The molecule has 0 unspecified atom stereocenters. The third-order valence-electron chi connectivity index (χ3n) is 4.89. The van der Waals surface area contributed by atoms with Crippen LogP contribution in [0.1, 0.15) is 16.7 Å². The predicted molar refractivity (Wildman–Crippen MR) is 121 cm³/mol. The van der Waals surface area contributed by atoms with E-state index >= 15 is 0 Å². The van der Waals surface area contributed by atoms with Crippen LogP contribution in [0.25, 0.3) is 17.1 Å². The van der Waals surface area contributed by atoms with Gasteiger partial charge in [-0.15, -0.1) is 10.2 Å².